The zero-order chi connectivity index (χ0) is 25.5. The van der Waals surface area contributed by atoms with Crippen molar-refractivity contribution in [1.82, 2.24) is 20.2 Å². The van der Waals surface area contributed by atoms with E-state index in [2.05, 4.69) is 15.3 Å². The van der Waals surface area contributed by atoms with E-state index in [4.69, 9.17) is 0 Å². The number of hydrogen-bond donors (Lipinski definition) is 3. The lowest BCUT2D eigenvalue weighted by atomic mass is 10.0. The van der Waals surface area contributed by atoms with E-state index in [-0.39, 0.29) is 30.8 Å². The maximum atomic E-state index is 12.9. The molecular weight excluding hydrogens is 456 g/mol. The van der Waals surface area contributed by atoms with E-state index in [9.17, 15) is 19.5 Å². The fourth-order valence-electron chi connectivity index (χ4n) is 4.69. The second-order valence-electron chi connectivity index (χ2n) is 9.67. The Morgan fingerprint density at radius 2 is 2.00 bits per heavy atom. The van der Waals surface area contributed by atoms with Crippen LogP contribution in [0.5, 0.6) is 0 Å². The largest absolute Gasteiger partial charge is 0.481 e. The zero-order valence-corrected chi connectivity index (χ0v) is 20.7. The number of aromatic nitrogens is 2. The Bertz CT molecular complexity index is 1220. The summed E-state index contributed by atoms with van der Waals surface area (Å²) in [7, 11) is 0. The van der Waals surface area contributed by atoms with Crippen molar-refractivity contribution in [3.05, 3.63) is 65.6 Å². The minimum absolute atomic E-state index is 0.0213. The first-order valence-electron chi connectivity index (χ1n) is 12.7. The number of hydrogen-bond acceptors (Lipinski definition) is 4. The van der Waals surface area contributed by atoms with E-state index in [0.717, 1.165) is 47.0 Å². The smallest absolute Gasteiger partial charge is 0.305 e. The molecule has 0 bridgehead atoms. The lowest BCUT2D eigenvalue weighted by Gasteiger charge is -2.24. The predicted octanol–water partition coefficient (Wildman–Crippen LogP) is 3.78. The molecule has 1 unspecified atom stereocenters. The highest BCUT2D eigenvalue weighted by Gasteiger charge is 2.33. The van der Waals surface area contributed by atoms with Crippen LogP contribution in [-0.2, 0) is 27.2 Å². The third-order valence-electron chi connectivity index (χ3n) is 6.66. The molecule has 1 atom stereocenters. The number of carboxylic acid groups (broad SMARTS) is 1. The fourth-order valence-corrected chi connectivity index (χ4v) is 4.69. The zero-order valence-electron chi connectivity index (χ0n) is 20.7. The van der Waals surface area contributed by atoms with Gasteiger partial charge in [0.05, 0.1) is 13.0 Å². The molecular formula is C28H34N4O4. The maximum Gasteiger partial charge on any atom is 0.305 e. The molecule has 36 heavy (non-hydrogen) atoms. The Hall–Kier alpha value is -3.68. The van der Waals surface area contributed by atoms with Crippen molar-refractivity contribution < 1.29 is 19.5 Å². The third kappa shape index (κ3) is 7.16. The number of nitrogens with zero attached hydrogens (tertiary/aromatic N) is 2. The molecule has 190 valence electrons. The highest BCUT2D eigenvalue weighted by molar-refractivity contribution is 5.86. The van der Waals surface area contributed by atoms with Crippen LogP contribution in [0.25, 0.3) is 10.9 Å². The molecule has 3 N–H and O–H groups in total. The van der Waals surface area contributed by atoms with Crippen LogP contribution in [0.2, 0.25) is 0 Å². The highest BCUT2D eigenvalue weighted by atomic mass is 16.4. The molecule has 1 saturated carbocycles. The highest BCUT2D eigenvalue weighted by Crippen LogP contribution is 2.27. The van der Waals surface area contributed by atoms with Crippen molar-refractivity contribution in [2.24, 2.45) is 0 Å². The summed E-state index contributed by atoms with van der Waals surface area (Å²) in [5.41, 5.74) is 4.23. The normalized spacial score (nSPS) is 13.9. The molecule has 2 heterocycles. The van der Waals surface area contributed by atoms with Crippen LogP contribution in [0, 0.1) is 6.92 Å². The van der Waals surface area contributed by atoms with Gasteiger partial charge >= 0.3 is 5.97 Å². The topological polar surface area (TPSA) is 115 Å². The van der Waals surface area contributed by atoms with Crippen molar-refractivity contribution in [1.29, 1.82) is 0 Å². The summed E-state index contributed by atoms with van der Waals surface area (Å²) < 4.78 is 0. The molecule has 1 aliphatic rings. The Balaban J connectivity index is 1.30. The number of para-hydroxylation sites is 1. The van der Waals surface area contributed by atoms with Gasteiger partial charge in [0.2, 0.25) is 11.8 Å². The van der Waals surface area contributed by atoms with Crippen LogP contribution >= 0.6 is 0 Å². The van der Waals surface area contributed by atoms with Crippen molar-refractivity contribution in [2.75, 3.05) is 6.54 Å². The minimum Gasteiger partial charge on any atom is -0.481 e. The van der Waals surface area contributed by atoms with Crippen LogP contribution in [0.3, 0.4) is 0 Å². The number of carbonyl (C=O) groups is 3. The second-order valence-corrected chi connectivity index (χ2v) is 9.67. The number of nitrogens with one attached hydrogen (secondary N) is 2. The van der Waals surface area contributed by atoms with Gasteiger partial charge in [0.15, 0.2) is 0 Å². The van der Waals surface area contributed by atoms with Gasteiger partial charge in [-0.25, -0.2) is 0 Å². The number of aliphatic carboxylic acids is 1. The first-order valence-corrected chi connectivity index (χ1v) is 12.7. The maximum absolute atomic E-state index is 12.9. The van der Waals surface area contributed by atoms with Crippen molar-refractivity contribution in [3.63, 3.8) is 0 Å². The first-order chi connectivity index (χ1) is 17.4. The van der Waals surface area contributed by atoms with Gasteiger partial charge < -0.3 is 20.3 Å². The minimum atomic E-state index is -0.958. The lowest BCUT2D eigenvalue weighted by Crippen LogP contribution is -2.45. The molecule has 8 heteroatoms. The number of carboxylic acids is 1. The summed E-state index contributed by atoms with van der Waals surface area (Å²) in [5.74, 6) is -1.28. The van der Waals surface area contributed by atoms with E-state index < -0.39 is 12.0 Å². The summed E-state index contributed by atoms with van der Waals surface area (Å²) in [6.45, 7) is 1.92. The second kappa shape index (κ2) is 11.8. The number of benzene rings is 1. The lowest BCUT2D eigenvalue weighted by molar-refractivity contribution is -0.139. The monoisotopic (exact) mass is 490 g/mol. The molecule has 0 radical (unpaired) electrons. The van der Waals surface area contributed by atoms with Gasteiger partial charge in [0, 0.05) is 47.5 Å². The number of amides is 2. The quantitative estimate of drug-likeness (QED) is 0.337. The predicted molar refractivity (Wildman–Crippen MR) is 137 cm³/mol. The Kier molecular flexibility index (Phi) is 8.36. The fraction of sp³-hybridized carbons (Fsp3) is 0.429. The van der Waals surface area contributed by atoms with Crippen molar-refractivity contribution >= 4 is 28.7 Å². The average molecular weight is 491 g/mol. The van der Waals surface area contributed by atoms with Gasteiger partial charge in [-0.2, -0.15) is 0 Å². The molecule has 0 aliphatic heterocycles. The Morgan fingerprint density at radius 3 is 2.75 bits per heavy atom. The number of aryl methyl sites for hydroxylation is 3. The summed E-state index contributed by atoms with van der Waals surface area (Å²) in [6, 6.07) is 11.5. The number of H-pyrrole nitrogens is 1. The molecule has 4 rings (SSSR count). The Morgan fingerprint density at radius 1 is 1.19 bits per heavy atom. The van der Waals surface area contributed by atoms with Gasteiger partial charge in [-0.3, -0.25) is 19.4 Å². The average Bonchev–Trinajstić information content (AvgIpc) is 3.60. The van der Waals surface area contributed by atoms with Crippen LogP contribution in [0.1, 0.15) is 55.3 Å². The molecule has 0 spiro atoms. The number of aromatic amines is 1. The summed E-state index contributed by atoms with van der Waals surface area (Å²) in [6.07, 6.45) is 8.38. The Labute approximate surface area is 211 Å². The molecule has 8 nitrogen and oxygen atoms in total. The molecule has 3 aromatic rings. The van der Waals surface area contributed by atoms with E-state index in [0.29, 0.717) is 25.7 Å². The number of fused-ring (bicyclic) bond motifs is 1. The van der Waals surface area contributed by atoms with Gasteiger partial charge in [-0.05, 0) is 74.8 Å². The summed E-state index contributed by atoms with van der Waals surface area (Å²) in [5, 5.41) is 13.4. The van der Waals surface area contributed by atoms with E-state index in [1.807, 2.05) is 49.5 Å². The first kappa shape index (κ1) is 25.4. The SMILES string of the molecule is Cc1cc(CCCC(=O)N(CC(=O)NC(CCc2c[nH]c3ccccc23)CC(=O)O)C2CC2)ccn1. The summed E-state index contributed by atoms with van der Waals surface area (Å²) in [4.78, 5) is 46.3. The van der Waals surface area contributed by atoms with Gasteiger partial charge in [-0.15, -0.1) is 0 Å². The van der Waals surface area contributed by atoms with Crippen LogP contribution in [0.15, 0.2) is 48.8 Å². The number of pyridine rings is 1. The van der Waals surface area contributed by atoms with Gasteiger partial charge in [0.1, 0.15) is 0 Å². The van der Waals surface area contributed by atoms with Gasteiger partial charge in [-0.1, -0.05) is 18.2 Å². The molecule has 1 fully saturated rings. The number of carbonyl (C=O) groups excluding carboxylic acids is 2. The van der Waals surface area contributed by atoms with Crippen LogP contribution in [-0.4, -0.2) is 56.4 Å². The molecule has 0 saturated heterocycles. The van der Waals surface area contributed by atoms with Crippen LogP contribution in [0.4, 0.5) is 0 Å². The van der Waals surface area contributed by atoms with Crippen molar-refractivity contribution in [2.45, 2.75) is 70.4 Å². The molecule has 2 aromatic heterocycles. The van der Waals surface area contributed by atoms with E-state index in [1.165, 1.54) is 0 Å². The standard InChI is InChI=1S/C28H34N4O4/c1-19-15-20(13-14-29-19)5-4-8-27(34)32(23-11-12-23)18-26(33)31-22(16-28(35)36)10-9-21-17-30-25-7-3-2-6-24(21)25/h2-3,6-7,13-15,17,22-23,30H,4-5,8-12,16,18H2,1H3,(H,31,33)(H,35,36). The summed E-state index contributed by atoms with van der Waals surface area (Å²) >= 11 is 0. The van der Waals surface area contributed by atoms with E-state index in [1.54, 1.807) is 11.1 Å². The van der Waals surface area contributed by atoms with Gasteiger partial charge in [0.25, 0.3) is 0 Å². The number of rotatable bonds is 13. The van der Waals surface area contributed by atoms with Crippen molar-refractivity contribution in [3.8, 4) is 0 Å². The molecule has 2 amide bonds. The van der Waals surface area contributed by atoms with E-state index >= 15 is 0 Å². The third-order valence-corrected chi connectivity index (χ3v) is 6.66. The molecule has 1 aliphatic carbocycles. The van der Waals surface area contributed by atoms with Crippen LogP contribution < -0.4 is 5.32 Å². The molecule has 1 aromatic carbocycles.